The molecule has 27 heteroatoms. The molecule has 0 radical (unpaired) electrons. The first-order chi connectivity index (χ1) is 42.4. The summed E-state index contributed by atoms with van der Waals surface area (Å²) in [5.74, 6) is 1.55. The molecule has 0 bridgehead atoms. The number of ether oxygens (including phenoxy) is 3. The fraction of sp³-hybridized carbons (Fsp3) is 0.117. The summed E-state index contributed by atoms with van der Waals surface area (Å²) in [6.45, 7) is 3.27. The highest BCUT2D eigenvalue weighted by molar-refractivity contribution is 7.99. The maximum absolute atomic E-state index is 12.7. The highest BCUT2D eigenvalue weighted by atomic mass is 32.2. The molecule has 12 aromatic rings. The molecular weight excluding hydrogens is 1190 g/mol. The van der Waals surface area contributed by atoms with Gasteiger partial charge in [0.05, 0.1) is 53.8 Å². The quantitative estimate of drug-likeness (QED) is 0.0182. The van der Waals surface area contributed by atoms with E-state index in [1.807, 2.05) is 85.1 Å². The molecule has 7 heterocycles. The Morgan fingerprint density at radius 1 is 0.529 bits per heavy atom. The van der Waals surface area contributed by atoms with Crippen molar-refractivity contribution in [1.29, 1.82) is 0 Å². The number of benzene rings is 5. The monoisotopic (exact) mass is 1240 g/mol. The first-order valence-electron chi connectivity index (χ1n) is 26.2. The fourth-order valence-corrected chi connectivity index (χ4v) is 11.9. The number of aromatic amines is 3. The summed E-state index contributed by atoms with van der Waals surface area (Å²) in [5, 5.41) is 46.4. The lowest BCUT2D eigenvalue weighted by atomic mass is 10.1. The summed E-state index contributed by atoms with van der Waals surface area (Å²) >= 11 is 6.20. The smallest absolute Gasteiger partial charge is 0.308 e. The molecule has 12 rings (SSSR count). The van der Waals surface area contributed by atoms with Gasteiger partial charge >= 0.3 is 5.97 Å². The number of esters is 1. The Labute approximate surface area is 512 Å². The van der Waals surface area contributed by atoms with E-state index in [4.69, 9.17) is 14.2 Å². The van der Waals surface area contributed by atoms with Gasteiger partial charge in [0.25, 0.3) is 17.7 Å². The predicted molar refractivity (Wildman–Crippen MR) is 335 cm³/mol. The molecule has 0 spiro atoms. The molecule has 438 valence electrons. The molecule has 23 nitrogen and oxygen atoms in total. The molecule has 0 fully saturated rings. The molecular formula is C60H51N15O8S4. The number of phenols is 1. The average molecular weight is 1240 g/mol. The number of methoxy groups -OCH3 is 2. The van der Waals surface area contributed by atoms with Crippen molar-refractivity contribution in [2.24, 2.45) is 0 Å². The maximum atomic E-state index is 12.7. The number of phenolic OH excluding ortho intramolecular Hbond substituents is 1. The molecule has 0 saturated carbocycles. The molecule has 5 aromatic carbocycles. The molecule has 0 saturated heterocycles. The number of hydrogen-bond donors (Lipinski definition) is 7. The van der Waals surface area contributed by atoms with Crippen LogP contribution in [0.15, 0.2) is 173 Å². The second kappa shape index (κ2) is 28.6. The molecule has 0 atom stereocenters. The first kappa shape index (κ1) is 59.9. The lowest BCUT2D eigenvalue weighted by Gasteiger charge is -2.12. The number of carbonyl (C=O) groups excluding carboxylic acids is 4. The van der Waals surface area contributed by atoms with E-state index in [9.17, 15) is 24.3 Å². The van der Waals surface area contributed by atoms with Crippen LogP contribution in [0.1, 0.15) is 59.6 Å². The molecule has 0 aliphatic heterocycles. The zero-order valence-corrected chi connectivity index (χ0v) is 49.9. The number of thiophene rings is 1. The van der Waals surface area contributed by atoms with Crippen molar-refractivity contribution in [2.45, 2.75) is 46.2 Å². The Morgan fingerprint density at radius 3 is 1.33 bits per heavy atom. The summed E-state index contributed by atoms with van der Waals surface area (Å²) in [5.41, 5.74) is 9.17. The summed E-state index contributed by atoms with van der Waals surface area (Å²) in [6.07, 6.45) is 9.68. The van der Waals surface area contributed by atoms with Gasteiger partial charge in [-0.1, -0.05) is 36.4 Å². The first-order valence-corrected chi connectivity index (χ1v) is 30.0. The van der Waals surface area contributed by atoms with Crippen LogP contribution in [-0.4, -0.2) is 104 Å². The number of nitrogens with one attached hydrogen (secondary N) is 6. The summed E-state index contributed by atoms with van der Waals surface area (Å²) in [4.78, 5) is 74.7. The zero-order chi connectivity index (χ0) is 60.7. The number of aromatic nitrogens is 12. The van der Waals surface area contributed by atoms with E-state index in [0.717, 1.165) is 75.5 Å². The molecule has 0 unspecified atom stereocenters. The third kappa shape index (κ3) is 15.6. The van der Waals surface area contributed by atoms with E-state index in [1.54, 1.807) is 84.2 Å². The van der Waals surface area contributed by atoms with E-state index in [-0.39, 0.29) is 35.0 Å². The van der Waals surface area contributed by atoms with Gasteiger partial charge in [-0.15, -0.1) is 46.6 Å². The highest BCUT2D eigenvalue weighted by Gasteiger charge is 2.18. The summed E-state index contributed by atoms with van der Waals surface area (Å²) < 4.78 is 15.2. The van der Waals surface area contributed by atoms with E-state index >= 15 is 0 Å². The van der Waals surface area contributed by atoms with Crippen molar-refractivity contribution in [1.82, 2.24) is 60.5 Å². The number of H-pyrrole nitrogens is 3. The number of aryl methyl sites for hydroxylation is 1. The number of nitrogens with zero attached hydrogens (tertiary/aromatic N) is 9. The number of amides is 3. The van der Waals surface area contributed by atoms with E-state index in [1.165, 1.54) is 63.6 Å². The van der Waals surface area contributed by atoms with Crippen molar-refractivity contribution < 1.29 is 38.5 Å². The predicted octanol–water partition coefficient (Wildman–Crippen LogP) is 11.7. The van der Waals surface area contributed by atoms with Crippen LogP contribution >= 0.6 is 46.6 Å². The number of anilines is 3. The zero-order valence-electron chi connectivity index (χ0n) is 46.6. The third-order valence-electron chi connectivity index (χ3n) is 12.5. The molecule has 7 N–H and O–H groups in total. The molecule has 0 aliphatic carbocycles. The fourth-order valence-electron chi connectivity index (χ4n) is 8.31. The number of carbonyl (C=O) groups is 4. The van der Waals surface area contributed by atoms with Crippen LogP contribution in [0.5, 0.6) is 23.0 Å². The van der Waals surface area contributed by atoms with E-state index in [0.29, 0.717) is 51.1 Å². The molecule has 3 amide bonds. The Hall–Kier alpha value is -10.2. The van der Waals surface area contributed by atoms with Crippen LogP contribution in [0.25, 0.3) is 33.1 Å². The topological polar surface area (TPSA) is 316 Å². The number of fused-ring (bicyclic) bond motifs is 3. The Balaban J connectivity index is 0.000000145. The lowest BCUT2D eigenvalue weighted by molar-refractivity contribution is -0.131. The van der Waals surface area contributed by atoms with Crippen LogP contribution in [0.4, 0.5) is 17.1 Å². The lowest BCUT2D eigenvalue weighted by Crippen LogP contribution is -2.12. The SMILES string of the molecule is CC(=O)Oc1ccc(C(=O)Nc2cccc(CSc3ncnc4[nH]ncc34)c2)cc1.COc1cc(C(=O)Nc2cccc(CSc3ncnc4[nH]ncc34)c2)cc(OC)c1O.Cc1ccsc1C(=O)Nc1cccc(CSc2ncnc3[nH]ncc23)c1. The van der Waals surface area contributed by atoms with Crippen molar-refractivity contribution in [3.05, 3.63) is 196 Å². The third-order valence-corrected chi connectivity index (χ3v) is 16.7. The number of hydrogen-bond acceptors (Lipinski definition) is 21. The van der Waals surface area contributed by atoms with Crippen LogP contribution < -0.4 is 30.2 Å². The van der Waals surface area contributed by atoms with Crippen molar-refractivity contribution in [3.8, 4) is 23.0 Å². The Morgan fingerprint density at radius 2 is 0.943 bits per heavy atom. The Kier molecular flexibility index (Phi) is 19.7. The summed E-state index contributed by atoms with van der Waals surface area (Å²) in [6, 6.07) is 34.3. The van der Waals surface area contributed by atoms with Crippen LogP contribution in [0.3, 0.4) is 0 Å². The van der Waals surface area contributed by atoms with E-state index in [2.05, 4.69) is 76.4 Å². The minimum absolute atomic E-state index is 0.0711. The van der Waals surface area contributed by atoms with Gasteiger partial charge in [-0.25, -0.2) is 29.9 Å². The number of aromatic hydroxyl groups is 1. The van der Waals surface area contributed by atoms with Gasteiger partial charge in [0, 0.05) is 52.4 Å². The second-order valence-electron chi connectivity index (χ2n) is 18.5. The summed E-state index contributed by atoms with van der Waals surface area (Å²) in [7, 11) is 2.82. The van der Waals surface area contributed by atoms with Gasteiger partial charge < -0.3 is 35.3 Å². The standard InChI is InChI=1S/C21H19N5O4S.C21H17N5O3S.C18H15N5OS2/c1-29-16-7-13(8-17(30-2)18(16)27)20(28)25-14-5-3-4-12(6-14)10-31-21-15-9-24-26-19(15)22-11-23-21;1-13(27)29-17-7-5-15(6-8-17)20(28)25-16-4-2-3-14(9-16)11-30-21-18-10-24-26-19(18)22-12-23-21;1-11-5-6-25-15(11)17(24)22-13-4-2-3-12(7-13)9-26-18-14-8-21-23-16(14)19-10-20-18/h3-9,11,27H,10H2,1-2H3,(H,25,28)(H,22,23,24,26);2-10,12H,11H2,1H3,(H,25,28)(H,22,23,24,26);2-8,10H,9H2,1H3,(H,22,24)(H,19,20,21,23). The molecule has 87 heavy (non-hydrogen) atoms. The van der Waals surface area contributed by atoms with Gasteiger partial charge in [-0.3, -0.25) is 34.5 Å². The van der Waals surface area contributed by atoms with Gasteiger partial charge in [-0.2, -0.15) is 15.3 Å². The van der Waals surface area contributed by atoms with Crippen LogP contribution in [0.2, 0.25) is 0 Å². The van der Waals surface area contributed by atoms with Crippen molar-refractivity contribution in [3.63, 3.8) is 0 Å². The van der Waals surface area contributed by atoms with E-state index < -0.39 is 5.97 Å². The largest absolute Gasteiger partial charge is 0.502 e. The minimum Gasteiger partial charge on any atom is -0.502 e. The van der Waals surface area contributed by atoms with Gasteiger partial charge in [0.1, 0.15) is 39.8 Å². The maximum Gasteiger partial charge on any atom is 0.308 e. The molecule has 0 aliphatic rings. The molecule has 7 aromatic heterocycles. The minimum atomic E-state index is -0.405. The highest BCUT2D eigenvalue weighted by Crippen LogP contribution is 2.38. The Bertz CT molecular complexity index is 4380. The number of rotatable bonds is 18. The van der Waals surface area contributed by atoms with Gasteiger partial charge in [0.2, 0.25) is 5.75 Å². The van der Waals surface area contributed by atoms with Crippen LogP contribution in [-0.2, 0) is 22.1 Å². The number of thioether (sulfide) groups is 3. The van der Waals surface area contributed by atoms with Crippen LogP contribution in [0, 0.1) is 6.92 Å². The van der Waals surface area contributed by atoms with Crippen molar-refractivity contribution in [2.75, 3.05) is 30.2 Å². The normalized spacial score (nSPS) is 10.8. The second-order valence-corrected chi connectivity index (χ2v) is 22.4. The van der Waals surface area contributed by atoms with Gasteiger partial charge in [0.15, 0.2) is 28.4 Å². The van der Waals surface area contributed by atoms with Gasteiger partial charge in [-0.05, 0) is 113 Å². The van der Waals surface area contributed by atoms with Crippen molar-refractivity contribution >= 4 is 120 Å². The average Bonchev–Trinajstić information content (AvgIpc) is 4.57.